The largest absolute Gasteiger partial charge is 0.444 e. The van der Waals surface area contributed by atoms with Gasteiger partial charge in [-0.2, -0.15) is 0 Å². The van der Waals surface area contributed by atoms with Gasteiger partial charge < -0.3 is 9.64 Å². The van der Waals surface area contributed by atoms with Crippen LogP contribution in [0.25, 0.3) is 0 Å². The summed E-state index contributed by atoms with van der Waals surface area (Å²) in [5.41, 5.74) is 4.96. The molecule has 0 fully saturated rings. The van der Waals surface area contributed by atoms with Crippen LogP contribution in [-0.2, 0) is 24.2 Å². The van der Waals surface area contributed by atoms with Crippen molar-refractivity contribution in [2.24, 2.45) is 5.92 Å². The van der Waals surface area contributed by atoms with Gasteiger partial charge in [-0.15, -0.1) is 0 Å². The maximum atomic E-state index is 13.0. The molecule has 0 aromatic heterocycles. The first kappa shape index (κ1) is 24.3. The highest BCUT2D eigenvalue weighted by atomic mass is 16.6. The molecule has 1 heterocycles. The average Bonchev–Trinajstić information content (AvgIpc) is 2.71. The number of rotatable bonds is 7. The van der Waals surface area contributed by atoms with Crippen LogP contribution in [0.4, 0.5) is 4.79 Å². The smallest absolute Gasteiger partial charge is 0.410 e. The molecule has 0 aliphatic carbocycles. The first-order chi connectivity index (χ1) is 15.1. The highest BCUT2D eigenvalue weighted by Crippen LogP contribution is 2.29. The molecule has 3 rings (SSSR count). The number of amides is 1. The summed E-state index contributed by atoms with van der Waals surface area (Å²) in [7, 11) is 0. The van der Waals surface area contributed by atoms with E-state index >= 15 is 0 Å². The first-order valence-corrected chi connectivity index (χ1v) is 12.0. The molecular formula is C28H40N2O2. The van der Waals surface area contributed by atoms with Gasteiger partial charge in [0, 0.05) is 32.2 Å². The predicted molar refractivity (Wildman–Crippen MR) is 132 cm³/mol. The van der Waals surface area contributed by atoms with Crippen molar-refractivity contribution in [2.45, 2.75) is 79.1 Å². The molecule has 1 unspecified atom stereocenters. The van der Waals surface area contributed by atoms with E-state index in [2.05, 4.69) is 56.0 Å². The van der Waals surface area contributed by atoms with Crippen molar-refractivity contribution in [1.29, 1.82) is 0 Å². The molecule has 0 saturated heterocycles. The molecule has 1 aliphatic heterocycles. The van der Waals surface area contributed by atoms with Crippen molar-refractivity contribution in [3.05, 3.63) is 70.8 Å². The van der Waals surface area contributed by atoms with E-state index < -0.39 is 5.60 Å². The Morgan fingerprint density at radius 1 is 1.12 bits per heavy atom. The minimum atomic E-state index is -0.506. The summed E-state index contributed by atoms with van der Waals surface area (Å²) in [6.45, 7) is 15.6. The van der Waals surface area contributed by atoms with Gasteiger partial charge in [-0.05, 0) is 68.7 Å². The predicted octanol–water partition coefficient (Wildman–Crippen LogP) is 6.21. The molecular weight excluding hydrogens is 396 g/mol. The summed E-state index contributed by atoms with van der Waals surface area (Å²) >= 11 is 0. The van der Waals surface area contributed by atoms with Gasteiger partial charge in [0.25, 0.3) is 0 Å². The zero-order valence-corrected chi connectivity index (χ0v) is 20.7. The number of carbonyl (C=O) groups excluding carboxylic acids is 1. The summed E-state index contributed by atoms with van der Waals surface area (Å²) in [6.07, 6.45) is 2.01. The van der Waals surface area contributed by atoms with Crippen LogP contribution in [0.15, 0.2) is 48.5 Å². The Balaban J connectivity index is 1.76. The second-order valence-corrected chi connectivity index (χ2v) is 10.6. The van der Waals surface area contributed by atoms with Gasteiger partial charge in [-0.25, -0.2) is 4.79 Å². The fourth-order valence-corrected chi connectivity index (χ4v) is 4.57. The maximum absolute atomic E-state index is 13.0. The molecule has 0 saturated carbocycles. The molecule has 0 spiro atoms. The number of aryl methyl sites for hydroxylation is 1. The fraction of sp³-hybridized carbons (Fsp3) is 0.536. The maximum Gasteiger partial charge on any atom is 0.410 e. The Morgan fingerprint density at radius 3 is 2.50 bits per heavy atom. The highest BCUT2D eigenvalue weighted by molar-refractivity contribution is 5.68. The number of benzene rings is 2. The molecule has 2 aromatic rings. The van der Waals surface area contributed by atoms with E-state index in [1.54, 1.807) is 0 Å². The number of fused-ring (bicyclic) bond motifs is 1. The number of hydrogen-bond acceptors (Lipinski definition) is 3. The quantitative estimate of drug-likeness (QED) is 0.518. The van der Waals surface area contributed by atoms with Gasteiger partial charge in [0.05, 0.1) is 0 Å². The first-order valence-electron chi connectivity index (χ1n) is 12.0. The zero-order valence-electron chi connectivity index (χ0n) is 20.7. The Morgan fingerprint density at radius 2 is 1.84 bits per heavy atom. The second kappa shape index (κ2) is 10.5. The van der Waals surface area contributed by atoms with Crippen molar-refractivity contribution in [1.82, 2.24) is 9.80 Å². The third-order valence-corrected chi connectivity index (χ3v) is 6.11. The summed E-state index contributed by atoms with van der Waals surface area (Å²) in [4.78, 5) is 17.5. The molecule has 0 bridgehead atoms. The van der Waals surface area contributed by atoms with E-state index in [1.165, 1.54) is 23.1 Å². The van der Waals surface area contributed by atoms with Gasteiger partial charge in [-0.3, -0.25) is 4.90 Å². The summed E-state index contributed by atoms with van der Waals surface area (Å²) in [5, 5.41) is 0. The zero-order chi connectivity index (χ0) is 23.3. The molecule has 0 radical (unpaired) electrons. The molecule has 174 valence electrons. The summed E-state index contributed by atoms with van der Waals surface area (Å²) in [6, 6.07) is 17.3. The van der Waals surface area contributed by atoms with Crippen LogP contribution in [-0.4, -0.2) is 40.6 Å². The Labute approximate surface area is 194 Å². The van der Waals surface area contributed by atoms with Gasteiger partial charge in [0.2, 0.25) is 0 Å². The van der Waals surface area contributed by atoms with E-state index in [0.717, 1.165) is 25.1 Å². The highest BCUT2D eigenvalue weighted by Gasteiger charge is 2.29. The molecule has 2 aromatic carbocycles. The monoisotopic (exact) mass is 436 g/mol. The molecule has 0 N–H and O–H groups in total. The van der Waals surface area contributed by atoms with Gasteiger partial charge >= 0.3 is 6.09 Å². The molecule has 4 heteroatoms. The second-order valence-electron chi connectivity index (χ2n) is 10.6. The van der Waals surface area contributed by atoms with E-state index in [0.29, 0.717) is 25.0 Å². The standard InChI is InChI=1S/C28H40N2O2/c1-21(2)17-25-18-26-22(3)11-10-14-24(26)20-29(25)15-16-30(27(31)32-28(4,5)6)19-23-12-8-7-9-13-23/h7-14,21,25H,15-20H2,1-6H3. The normalized spacial score (nSPS) is 16.7. The van der Waals surface area contributed by atoms with Crippen LogP contribution in [0.2, 0.25) is 0 Å². The van der Waals surface area contributed by atoms with Crippen LogP contribution in [0.1, 0.15) is 63.3 Å². The van der Waals surface area contributed by atoms with E-state index in [1.807, 2.05) is 43.9 Å². The lowest BCUT2D eigenvalue weighted by molar-refractivity contribution is 0.0194. The molecule has 32 heavy (non-hydrogen) atoms. The van der Waals surface area contributed by atoms with Crippen molar-refractivity contribution in [3.8, 4) is 0 Å². The Bertz CT molecular complexity index is 886. The topological polar surface area (TPSA) is 32.8 Å². The van der Waals surface area contributed by atoms with E-state index in [9.17, 15) is 4.79 Å². The lowest BCUT2D eigenvalue weighted by Crippen LogP contribution is -2.46. The Kier molecular flexibility index (Phi) is 8.00. The van der Waals surface area contributed by atoms with Crippen molar-refractivity contribution < 1.29 is 9.53 Å². The fourth-order valence-electron chi connectivity index (χ4n) is 4.57. The molecule has 1 atom stereocenters. The number of nitrogens with zero attached hydrogens (tertiary/aromatic N) is 2. The number of carbonyl (C=O) groups is 1. The van der Waals surface area contributed by atoms with Crippen LogP contribution in [0.5, 0.6) is 0 Å². The van der Waals surface area contributed by atoms with Crippen molar-refractivity contribution >= 4 is 6.09 Å². The number of hydrogen-bond donors (Lipinski definition) is 0. The van der Waals surface area contributed by atoms with Gasteiger partial charge in [-0.1, -0.05) is 62.4 Å². The average molecular weight is 437 g/mol. The molecule has 1 aliphatic rings. The van der Waals surface area contributed by atoms with E-state index in [-0.39, 0.29) is 6.09 Å². The minimum Gasteiger partial charge on any atom is -0.444 e. The van der Waals surface area contributed by atoms with Crippen molar-refractivity contribution in [3.63, 3.8) is 0 Å². The van der Waals surface area contributed by atoms with Crippen LogP contribution < -0.4 is 0 Å². The van der Waals surface area contributed by atoms with Gasteiger partial charge in [0.1, 0.15) is 5.60 Å². The summed E-state index contributed by atoms with van der Waals surface area (Å²) in [5.74, 6) is 0.638. The molecule has 4 nitrogen and oxygen atoms in total. The van der Waals surface area contributed by atoms with Crippen molar-refractivity contribution in [2.75, 3.05) is 13.1 Å². The summed E-state index contributed by atoms with van der Waals surface area (Å²) < 4.78 is 5.74. The Hall–Kier alpha value is -2.33. The number of ether oxygens (including phenoxy) is 1. The van der Waals surface area contributed by atoms with Crippen LogP contribution in [0.3, 0.4) is 0 Å². The SMILES string of the molecule is Cc1cccc2c1CC(CC(C)C)N(CCN(Cc1ccccc1)C(=O)OC(C)(C)C)C2. The molecule has 1 amide bonds. The van der Waals surface area contributed by atoms with E-state index in [4.69, 9.17) is 4.74 Å². The third-order valence-electron chi connectivity index (χ3n) is 6.11. The minimum absolute atomic E-state index is 0.241. The third kappa shape index (κ3) is 6.83. The van der Waals surface area contributed by atoms with Crippen LogP contribution in [0, 0.1) is 12.8 Å². The lowest BCUT2D eigenvalue weighted by atomic mass is 9.87. The lowest BCUT2D eigenvalue weighted by Gasteiger charge is -2.39. The van der Waals surface area contributed by atoms with Crippen LogP contribution >= 0.6 is 0 Å². The van der Waals surface area contributed by atoms with Gasteiger partial charge in [0.15, 0.2) is 0 Å².